The van der Waals surface area contributed by atoms with Gasteiger partial charge < -0.3 is 4.79 Å². The van der Waals surface area contributed by atoms with Gasteiger partial charge in [-0.15, -0.1) is 5.73 Å². The highest BCUT2D eigenvalue weighted by Crippen LogP contribution is 2.16. The monoisotopic (exact) mass is 164 g/mol. The first-order valence-corrected chi connectivity index (χ1v) is 4.05. The third kappa shape index (κ3) is 3.95. The molecule has 0 saturated carbocycles. The zero-order valence-corrected chi connectivity index (χ0v) is 8.22. The van der Waals surface area contributed by atoms with Gasteiger partial charge in [-0.3, -0.25) is 0 Å². The van der Waals surface area contributed by atoms with Gasteiger partial charge >= 0.3 is 0 Å². The molecule has 0 fully saturated rings. The van der Waals surface area contributed by atoms with Gasteiger partial charge in [-0.2, -0.15) is 0 Å². The van der Waals surface area contributed by atoms with Crippen LogP contribution in [0, 0.1) is 5.41 Å². The van der Waals surface area contributed by atoms with Crippen LogP contribution in [0.4, 0.5) is 0 Å². The third-order valence-corrected chi connectivity index (χ3v) is 1.45. The molecule has 0 aromatic heterocycles. The summed E-state index contributed by atoms with van der Waals surface area (Å²) in [5.74, 6) is 0. The zero-order valence-electron chi connectivity index (χ0n) is 8.22. The lowest BCUT2D eigenvalue weighted by atomic mass is 9.92. The quantitative estimate of drug-likeness (QED) is 0.356. The molecule has 0 saturated heterocycles. The summed E-state index contributed by atoms with van der Waals surface area (Å²) in [4.78, 5) is 10.7. The van der Waals surface area contributed by atoms with Gasteiger partial charge in [0.05, 0.1) is 5.41 Å². The predicted molar refractivity (Wildman–Crippen MR) is 51.9 cm³/mol. The summed E-state index contributed by atoms with van der Waals surface area (Å²) in [6.45, 7) is 7.67. The number of hydrogen-bond acceptors (Lipinski definition) is 1. The summed E-state index contributed by atoms with van der Waals surface area (Å²) in [6.07, 6.45) is 6.44. The molecular formula is C11H16O. The Bertz CT molecular complexity index is 238. The predicted octanol–water partition coefficient (Wildman–Crippen LogP) is 2.89. The molecule has 1 unspecified atom stereocenters. The van der Waals surface area contributed by atoms with Gasteiger partial charge in [0.1, 0.15) is 6.29 Å². The number of rotatable bonds is 3. The number of hydrogen-bond donors (Lipinski definition) is 0. The molecule has 0 aromatic rings. The minimum atomic E-state index is -0.494. The van der Waals surface area contributed by atoms with E-state index in [-0.39, 0.29) is 0 Å². The largest absolute Gasteiger partial charge is 0.302 e. The standard InChI is InChI=1S/C11H16O/c1-5-7-11(4,9-12)8-6-10(2)3/h5,7-9H,1-4H3/b7-5+. The smallest absolute Gasteiger partial charge is 0.134 e. The summed E-state index contributed by atoms with van der Waals surface area (Å²) in [7, 11) is 0. The van der Waals surface area contributed by atoms with Crippen molar-refractivity contribution >= 4 is 6.29 Å². The van der Waals surface area contributed by atoms with Crippen molar-refractivity contribution in [3.8, 4) is 0 Å². The lowest BCUT2D eigenvalue weighted by Crippen LogP contribution is -2.10. The number of carbonyl (C=O) groups excluding carboxylic acids is 1. The van der Waals surface area contributed by atoms with E-state index in [1.54, 1.807) is 6.08 Å². The van der Waals surface area contributed by atoms with E-state index < -0.39 is 5.41 Å². The molecule has 0 bridgehead atoms. The summed E-state index contributed by atoms with van der Waals surface area (Å²) >= 11 is 0. The number of aldehydes is 1. The molecule has 1 nitrogen and oxygen atoms in total. The van der Waals surface area contributed by atoms with Crippen molar-refractivity contribution in [1.82, 2.24) is 0 Å². The first-order chi connectivity index (χ1) is 5.54. The zero-order chi connectivity index (χ0) is 9.61. The van der Waals surface area contributed by atoms with Crippen LogP contribution in [-0.4, -0.2) is 6.29 Å². The van der Waals surface area contributed by atoms with Crippen molar-refractivity contribution in [2.45, 2.75) is 27.7 Å². The Morgan fingerprint density at radius 3 is 2.33 bits per heavy atom. The molecule has 66 valence electrons. The molecule has 1 atom stereocenters. The fraction of sp³-hybridized carbons (Fsp3) is 0.455. The Morgan fingerprint density at radius 1 is 1.42 bits per heavy atom. The average Bonchev–Trinajstić information content (AvgIpc) is 2.02. The van der Waals surface area contributed by atoms with Gasteiger partial charge in [-0.25, -0.2) is 0 Å². The van der Waals surface area contributed by atoms with E-state index >= 15 is 0 Å². The summed E-state index contributed by atoms with van der Waals surface area (Å²) in [5.41, 5.74) is 3.61. The van der Waals surface area contributed by atoms with Crippen molar-refractivity contribution in [3.05, 3.63) is 29.5 Å². The van der Waals surface area contributed by atoms with E-state index in [1.165, 1.54) is 0 Å². The van der Waals surface area contributed by atoms with E-state index in [0.29, 0.717) is 0 Å². The van der Waals surface area contributed by atoms with E-state index in [9.17, 15) is 4.79 Å². The van der Waals surface area contributed by atoms with Gasteiger partial charge in [0, 0.05) is 0 Å². The molecule has 0 rings (SSSR count). The number of carbonyl (C=O) groups is 1. The molecule has 1 heteroatoms. The molecular weight excluding hydrogens is 148 g/mol. The molecule has 0 aromatic carbocycles. The summed E-state index contributed by atoms with van der Waals surface area (Å²) < 4.78 is 0. The molecule has 0 amide bonds. The van der Waals surface area contributed by atoms with E-state index in [0.717, 1.165) is 11.9 Å². The molecule has 0 aliphatic carbocycles. The fourth-order valence-electron chi connectivity index (χ4n) is 0.780. The average molecular weight is 164 g/mol. The Kier molecular flexibility index (Phi) is 4.31. The second-order valence-corrected chi connectivity index (χ2v) is 3.27. The van der Waals surface area contributed by atoms with Gasteiger partial charge in [0.25, 0.3) is 0 Å². The number of allylic oxidation sites excluding steroid dienone is 3. The van der Waals surface area contributed by atoms with Crippen LogP contribution < -0.4 is 0 Å². The molecule has 0 aliphatic heterocycles. The maximum absolute atomic E-state index is 10.7. The highest BCUT2D eigenvalue weighted by Gasteiger charge is 2.14. The van der Waals surface area contributed by atoms with Crippen molar-refractivity contribution in [2.24, 2.45) is 5.41 Å². The van der Waals surface area contributed by atoms with E-state index in [4.69, 9.17) is 0 Å². The Labute approximate surface area is 74.5 Å². The third-order valence-electron chi connectivity index (χ3n) is 1.45. The van der Waals surface area contributed by atoms with Gasteiger partial charge in [0.15, 0.2) is 0 Å². The fourth-order valence-corrected chi connectivity index (χ4v) is 0.780. The first kappa shape index (κ1) is 10.9. The van der Waals surface area contributed by atoms with Gasteiger partial charge in [0.2, 0.25) is 0 Å². The molecule has 0 N–H and O–H groups in total. The Balaban J connectivity index is 4.79. The SMILES string of the molecule is C/C=C/C(C)(C=O)C=C=C(C)C. The molecule has 12 heavy (non-hydrogen) atoms. The molecule has 0 heterocycles. The first-order valence-electron chi connectivity index (χ1n) is 4.05. The lowest BCUT2D eigenvalue weighted by molar-refractivity contribution is -0.111. The van der Waals surface area contributed by atoms with Crippen molar-refractivity contribution in [2.75, 3.05) is 0 Å². The van der Waals surface area contributed by atoms with Crippen LogP contribution in [0.3, 0.4) is 0 Å². The van der Waals surface area contributed by atoms with Crippen molar-refractivity contribution in [3.63, 3.8) is 0 Å². The molecule has 0 radical (unpaired) electrons. The Hall–Kier alpha value is -1.07. The van der Waals surface area contributed by atoms with Crippen LogP contribution in [0.1, 0.15) is 27.7 Å². The van der Waals surface area contributed by atoms with E-state index in [1.807, 2.05) is 39.8 Å². The highest BCUT2D eigenvalue weighted by atomic mass is 16.1. The summed E-state index contributed by atoms with van der Waals surface area (Å²) in [6, 6.07) is 0. The van der Waals surface area contributed by atoms with E-state index in [2.05, 4.69) is 5.73 Å². The van der Waals surface area contributed by atoms with Crippen molar-refractivity contribution in [1.29, 1.82) is 0 Å². The van der Waals surface area contributed by atoms with Crippen molar-refractivity contribution < 1.29 is 4.79 Å². The minimum absolute atomic E-state index is 0.494. The second kappa shape index (κ2) is 4.74. The van der Waals surface area contributed by atoms with Crippen LogP contribution >= 0.6 is 0 Å². The summed E-state index contributed by atoms with van der Waals surface area (Å²) in [5, 5.41) is 0. The van der Waals surface area contributed by atoms with Gasteiger partial charge in [-0.05, 0) is 39.3 Å². The van der Waals surface area contributed by atoms with Crippen LogP contribution in [-0.2, 0) is 4.79 Å². The normalized spacial score (nSPS) is 15.0. The molecule has 0 spiro atoms. The Morgan fingerprint density at radius 2 is 2.00 bits per heavy atom. The minimum Gasteiger partial charge on any atom is -0.302 e. The maximum atomic E-state index is 10.7. The second-order valence-electron chi connectivity index (χ2n) is 3.27. The maximum Gasteiger partial charge on any atom is 0.134 e. The van der Waals surface area contributed by atoms with Crippen LogP contribution in [0.5, 0.6) is 0 Å². The highest BCUT2D eigenvalue weighted by molar-refractivity contribution is 5.65. The lowest BCUT2D eigenvalue weighted by Gasteiger charge is -2.10. The van der Waals surface area contributed by atoms with Crippen LogP contribution in [0.15, 0.2) is 29.5 Å². The van der Waals surface area contributed by atoms with Gasteiger partial charge in [-0.1, -0.05) is 12.2 Å². The van der Waals surface area contributed by atoms with Crippen LogP contribution in [0.2, 0.25) is 0 Å². The molecule has 0 aliphatic rings. The van der Waals surface area contributed by atoms with Crippen LogP contribution in [0.25, 0.3) is 0 Å². The topological polar surface area (TPSA) is 17.1 Å².